The molecule has 1 aliphatic rings. The molecule has 0 aliphatic carbocycles. The number of carbonyl (C=O) groups is 1. The van der Waals surface area contributed by atoms with Crippen LogP contribution < -0.4 is 4.74 Å². The molecule has 0 radical (unpaired) electrons. The molecule has 102 valence electrons. The number of carboxylic acid groups (broad SMARTS) is 1. The first-order valence-corrected chi connectivity index (χ1v) is 6.76. The fourth-order valence-electron chi connectivity index (χ4n) is 2.71. The third-order valence-electron chi connectivity index (χ3n) is 3.71. The highest BCUT2D eigenvalue weighted by atomic mass is 16.5. The molecule has 0 spiro atoms. The molecule has 1 heterocycles. The number of hydrogen-bond donors (Lipinski definition) is 1. The van der Waals surface area contributed by atoms with Crippen molar-refractivity contribution in [3.63, 3.8) is 0 Å². The Labute approximate surface area is 117 Å². The van der Waals surface area contributed by atoms with Gasteiger partial charge in [0.15, 0.2) is 0 Å². The Bertz CT molecular complexity index is 582. The van der Waals surface area contributed by atoms with E-state index in [0.29, 0.717) is 6.42 Å². The highest BCUT2D eigenvalue weighted by molar-refractivity contribution is 5.76. The van der Waals surface area contributed by atoms with E-state index in [1.54, 1.807) is 0 Å². The van der Waals surface area contributed by atoms with E-state index in [4.69, 9.17) is 4.74 Å². The number of ether oxygens (including phenoxy) is 1. The molecule has 2 atom stereocenters. The summed E-state index contributed by atoms with van der Waals surface area (Å²) in [5.41, 5.74) is 1.99. The molecule has 3 heteroatoms. The van der Waals surface area contributed by atoms with Crippen molar-refractivity contribution in [2.45, 2.75) is 24.9 Å². The minimum absolute atomic E-state index is 0.0614. The first-order valence-electron chi connectivity index (χ1n) is 6.76. The van der Waals surface area contributed by atoms with Crippen molar-refractivity contribution in [3.05, 3.63) is 65.7 Å². The quantitative estimate of drug-likeness (QED) is 0.925. The molecule has 0 fully saturated rings. The zero-order valence-electron chi connectivity index (χ0n) is 11.0. The lowest BCUT2D eigenvalue weighted by atomic mass is 9.92. The molecule has 0 amide bonds. The number of rotatable bonds is 4. The fourth-order valence-corrected chi connectivity index (χ4v) is 2.71. The van der Waals surface area contributed by atoms with Crippen LogP contribution in [0.1, 0.15) is 23.5 Å². The van der Waals surface area contributed by atoms with Gasteiger partial charge in [-0.15, -0.1) is 0 Å². The smallest absolute Gasteiger partial charge is 0.311 e. The molecule has 0 saturated carbocycles. The molecule has 0 saturated heterocycles. The maximum Gasteiger partial charge on any atom is 0.311 e. The zero-order chi connectivity index (χ0) is 13.9. The van der Waals surface area contributed by atoms with Crippen molar-refractivity contribution in [1.82, 2.24) is 0 Å². The molecular formula is C17H16O3. The van der Waals surface area contributed by atoms with Gasteiger partial charge in [0.2, 0.25) is 0 Å². The minimum Gasteiger partial charge on any atom is -0.490 e. The number of para-hydroxylation sites is 1. The van der Waals surface area contributed by atoms with Gasteiger partial charge in [0.1, 0.15) is 11.9 Å². The summed E-state index contributed by atoms with van der Waals surface area (Å²) in [5.74, 6) is -0.430. The van der Waals surface area contributed by atoms with E-state index in [9.17, 15) is 9.90 Å². The van der Waals surface area contributed by atoms with Crippen LogP contribution >= 0.6 is 0 Å². The van der Waals surface area contributed by atoms with Crippen molar-refractivity contribution in [1.29, 1.82) is 0 Å². The highest BCUT2D eigenvalue weighted by Crippen LogP contribution is 2.33. The average molecular weight is 268 g/mol. The van der Waals surface area contributed by atoms with Crippen molar-refractivity contribution in [2.24, 2.45) is 0 Å². The summed E-state index contributed by atoms with van der Waals surface area (Å²) in [4.78, 5) is 11.5. The molecule has 2 unspecified atom stereocenters. The lowest BCUT2D eigenvalue weighted by molar-refractivity contribution is -0.139. The van der Waals surface area contributed by atoms with Crippen LogP contribution in [0.15, 0.2) is 54.6 Å². The van der Waals surface area contributed by atoms with Crippen molar-refractivity contribution < 1.29 is 14.6 Å². The van der Waals surface area contributed by atoms with E-state index in [0.717, 1.165) is 23.3 Å². The average Bonchev–Trinajstić information content (AvgIpc) is 2.88. The molecule has 3 nitrogen and oxygen atoms in total. The van der Waals surface area contributed by atoms with Gasteiger partial charge < -0.3 is 9.84 Å². The van der Waals surface area contributed by atoms with Gasteiger partial charge in [-0.3, -0.25) is 4.79 Å². The van der Waals surface area contributed by atoms with Crippen LogP contribution in [-0.4, -0.2) is 17.2 Å². The summed E-state index contributed by atoms with van der Waals surface area (Å²) in [7, 11) is 0. The largest absolute Gasteiger partial charge is 0.490 e. The number of aliphatic carboxylic acids is 1. The van der Waals surface area contributed by atoms with E-state index in [1.807, 2.05) is 54.6 Å². The Morgan fingerprint density at radius 2 is 1.85 bits per heavy atom. The number of fused-ring (bicyclic) bond motifs is 1. The van der Waals surface area contributed by atoms with Crippen LogP contribution in [0.3, 0.4) is 0 Å². The summed E-state index contributed by atoms with van der Waals surface area (Å²) in [5, 5.41) is 9.45. The van der Waals surface area contributed by atoms with Gasteiger partial charge >= 0.3 is 5.97 Å². The predicted octanol–water partition coefficient (Wildman–Crippen LogP) is 3.25. The zero-order valence-corrected chi connectivity index (χ0v) is 11.0. The Kier molecular flexibility index (Phi) is 3.42. The normalized spacial score (nSPS) is 18.1. The second kappa shape index (κ2) is 5.37. The summed E-state index contributed by atoms with van der Waals surface area (Å²) in [6, 6.07) is 17.3. The lowest BCUT2D eigenvalue weighted by Crippen LogP contribution is -2.22. The maximum absolute atomic E-state index is 11.5. The highest BCUT2D eigenvalue weighted by Gasteiger charge is 2.29. The predicted molar refractivity (Wildman–Crippen MR) is 76.0 cm³/mol. The van der Waals surface area contributed by atoms with E-state index >= 15 is 0 Å². The van der Waals surface area contributed by atoms with Crippen molar-refractivity contribution in [2.75, 3.05) is 0 Å². The van der Waals surface area contributed by atoms with Gasteiger partial charge in [-0.05, 0) is 17.2 Å². The van der Waals surface area contributed by atoms with Gasteiger partial charge in [-0.2, -0.15) is 0 Å². The Balaban J connectivity index is 1.75. The molecule has 20 heavy (non-hydrogen) atoms. The maximum atomic E-state index is 11.5. The van der Waals surface area contributed by atoms with Gasteiger partial charge in [-0.1, -0.05) is 48.5 Å². The first kappa shape index (κ1) is 12.7. The van der Waals surface area contributed by atoms with Crippen LogP contribution in [0.2, 0.25) is 0 Å². The molecule has 1 aliphatic heterocycles. The molecule has 2 aromatic carbocycles. The van der Waals surface area contributed by atoms with Gasteiger partial charge in [0, 0.05) is 12.8 Å². The van der Waals surface area contributed by atoms with Crippen LogP contribution in [0.25, 0.3) is 0 Å². The topological polar surface area (TPSA) is 46.5 Å². The van der Waals surface area contributed by atoms with Crippen LogP contribution in [0.5, 0.6) is 5.75 Å². The lowest BCUT2D eigenvalue weighted by Gasteiger charge is -2.17. The third kappa shape index (κ3) is 2.52. The molecule has 0 aromatic heterocycles. The van der Waals surface area contributed by atoms with E-state index in [-0.39, 0.29) is 6.10 Å². The summed E-state index contributed by atoms with van der Waals surface area (Å²) >= 11 is 0. The van der Waals surface area contributed by atoms with Crippen LogP contribution in [0.4, 0.5) is 0 Å². The van der Waals surface area contributed by atoms with Crippen LogP contribution in [0, 0.1) is 0 Å². The SMILES string of the molecule is O=C(O)C(CC1Cc2ccccc2O1)c1ccccc1. The number of carboxylic acids is 1. The third-order valence-corrected chi connectivity index (χ3v) is 3.71. The van der Waals surface area contributed by atoms with E-state index in [1.165, 1.54) is 0 Å². The molecule has 0 bridgehead atoms. The number of benzene rings is 2. The van der Waals surface area contributed by atoms with Gasteiger partial charge in [0.25, 0.3) is 0 Å². The van der Waals surface area contributed by atoms with E-state index < -0.39 is 11.9 Å². The second-order valence-corrected chi connectivity index (χ2v) is 5.09. The Morgan fingerprint density at radius 1 is 1.15 bits per heavy atom. The van der Waals surface area contributed by atoms with Crippen LogP contribution in [-0.2, 0) is 11.2 Å². The van der Waals surface area contributed by atoms with Gasteiger partial charge in [-0.25, -0.2) is 0 Å². The number of hydrogen-bond acceptors (Lipinski definition) is 2. The monoisotopic (exact) mass is 268 g/mol. The summed E-state index contributed by atoms with van der Waals surface area (Å²) < 4.78 is 5.85. The van der Waals surface area contributed by atoms with E-state index in [2.05, 4.69) is 0 Å². The molecule has 3 rings (SSSR count). The fraction of sp³-hybridized carbons (Fsp3) is 0.235. The first-order chi connectivity index (χ1) is 9.74. The minimum atomic E-state index is -0.796. The van der Waals surface area contributed by atoms with Gasteiger partial charge in [0.05, 0.1) is 5.92 Å². The van der Waals surface area contributed by atoms with Crippen molar-refractivity contribution >= 4 is 5.97 Å². The van der Waals surface area contributed by atoms with Crippen molar-refractivity contribution in [3.8, 4) is 5.75 Å². The Hall–Kier alpha value is -2.29. The summed E-state index contributed by atoms with van der Waals surface area (Å²) in [6.45, 7) is 0. The second-order valence-electron chi connectivity index (χ2n) is 5.09. The molecular weight excluding hydrogens is 252 g/mol. The molecule has 1 N–H and O–H groups in total. The Morgan fingerprint density at radius 3 is 2.55 bits per heavy atom. The standard InChI is InChI=1S/C17H16O3/c18-17(19)15(12-6-2-1-3-7-12)11-14-10-13-8-4-5-9-16(13)20-14/h1-9,14-15H,10-11H2,(H,18,19). The summed E-state index contributed by atoms with van der Waals surface area (Å²) in [6.07, 6.45) is 1.22. The molecule has 2 aromatic rings.